The van der Waals surface area contributed by atoms with Crippen LogP contribution in [0.25, 0.3) is 0 Å². The number of hydrogen-bond acceptors (Lipinski definition) is 3. The molecule has 0 saturated carbocycles. The minimum atomic E-state index is -1.84. The van der Waals surface area contributed by atoms with Gasteiger partial charge in [0.15, 0.2) is 5.60 Å². The van der Waals surface area contributed by atoms with E-state index in [0.29, 0.717) is 12.1 Å². The number of nitrogens with two attached hydrogens (primary N) is 1. The second kappa shape index (κ2) is 3.77. The van der Waals surface area contributed by atoms with Gasteiger partial charge in [-0.25, -0.2) is 4.79 Å². The summed E-state index contributed by atoms with van der Waals surface area (Å²) in [5.74, 6) is -1.27. The fourth-order valence-electron chi connectivity index (χ4n) is 1.09. The standard InChI is InChI=1S/C10H13NO3/c1-10(14,9(12)13)8-4-2-7(6-11)3-5-8/h2-5,14H,6,11H2,1H3,(H,12,13). The maximum Gasteiger partial charge on any atom is 0.340 e. The van der Waals surface area contributed by atoms with E-state index in [-0.39, 0.29) is 0 Å². The molecule has 14 heavy (non-hydrogen) atoms. The van der Waals surface area contributed by atoms with Crippen LogP contribution in [0.2, 0.25) is 0 Å². The van der Waals surface area contributed by atoms with E-state index in [4.69, 9.17) is 10.8 Å². The number of rotatable bonds is 3. The maximum atomic E-state index is 10.7. The lowest BCUT2D eigenvalue weighted by molar-refractivity contribution is -0.157. The van der Waals surface area contributed by atoms with E-state index in [1.807, 2.05) is 0 Å². The Morgan fingerprint density at radius 3 is 2.29 bits per heavy atom. The van der Waals surface area contributed by atoms with Crippen molar-refractivity contribution < 1.29 is 15.0 Å². The number of aliphatic hydroxyl groups is 1. The molecule has 0 radical (unpaired) electrons. The van der Waals surface area contributed by atoms with Crippen LogP contribution in [0.1, 0.15) is 18.1 Å². The van der Waals surface area contributed by atoms with E-state index in [0.717, 1.165) is 5.56 Å². The van der Waals surface area contributed by atoms with Gasteiger partial charge in [0.25, 0.3) is 0 Å². The topological polar surface area (TPSA) is 83.5 Å². The van der Waals surface area contributed by atoms with Crippen LogP contribution in [0.4, 0.5) is 0 Å². The van der Waals surface area contributed by atoms with Gasteiger partial charge in [0.1, 0.15) is 0 Å². The van der Waals surface area contributed by atoms with Crippen molar-refractivity contribution in [1.82, 2.24) is 0 Å². The first-order valence-corrected chi connectivity index (χ1v) is 4.23. The van der Waals surface area contributed by atoms with Gasteiger partial charge in [-0.15, -0.1) is 0 Å². The molecule has 0 bridgehead atoms. The second-order valence-electron chi connectivity index (χ2n) is 3.28. The van der Waals surface area contributed by atoms with Crippen LogP contribution in [0.3, 0.4) is 0 Å². The van der Waals surface area contributed by atoms with Gasteiger partial charge in [-0.05, 0) is 18.1 Å². The van der Waals surface area contributed by atoms with Crippen molar-refractivity contribution in [2.75, 3.05) is 0 Å². The highest BCUT2D eigenvalue weighted by molar-refractivity contribution is 5.78. The fourth-order valence-corrected chi connectivity index (χ4v) is 1.09. The number of carboxylic acid groups (broad SMARTS) is 1. The third-order valence-electron chi connectivity index (χ3n) is 2.17. The lowest BCUT2D eigenvalue weighted by atomic mass is 9.95. The molecule has 1 atom stereocenters. The molecule has 0 spiro atoms. The first-order valence-electron chi connectivity index (χ1n) is 4.23. The summed E-state index contributed by atoms with van der Waals surface area (Å²) < 4.78 is 0. The monoisotopic (exact) mass is 195 g/mol. The van der Waals surface area contributed by atoms with Gasteiger partial charge >= 0.3 is 5.97 Å². The first kappa shape index (κ1) is 10.7. The highest BCUT2D eigenvalue weighted by Gasteiger charge is 2.31. The van der Waals surface area contributed by atoms with Crippen molar-refractivity contribution >= 4 is 5.97 Å². The Balaban J connectivity index is 3.02. The predicted molar refractivity (Wildman–Crippen MR) is 51.5 cm³/mol. The highest BCUT2D eigenvalue weighted by Crippen LogP contribution is 2.20. The zero-order chi connectivity index (χ0) is 10.8. The Labute approximate surface area is 82.0 Å². The van der Waals surface area contributed by atoms with Gasteiger partial charge in [-0.2, -0.15) is 0 Å². The Morgan fingerprint density at radius 1 is 1.43 bits per heavy atom. The third kappa shape index (κ3) is 1.92. The van der Waals surface area contributed by atoms with Crippen molar-refractivity contribution in [3.63, 3.8) is 0 Å². The van der Waals surface area contributed by atoms with E-state index in [1.165, 1.54) is 6.92 Å². The van der Waals surface area contributed by atoms with E-state index in [1.54, 1.807) is 24.3 Å². The summed E-state index contributed by atoms with van der Waals surface area (Å²) in [6, 6.07) is 6.53. The van der Waals surface area contributed by atoms with Crippen LogP contribution < -0.4 is 5.73 Å². The molecule has 4 N–H and O–H groups in total. The molecule has 1 unspecified atom stereocenters. The van der Waals surface area contributed by atoms with Crippen LogP contribution in [0.5, 0.6) is 0 Å². The molecule has 0 heterocycles. The third-order valence-corrected chi connectivity index (χ3v) is 2.17. The molecule has 1 aromatic rings. The summed E-state index contributed by atoms with van der Waals surface area (Å²) in [6.07, 6.45) is 0. The van der Waals surface area contributed by atoms with E-state index >= 15 is 0 Å². The summed E-state index contributed by atoms with van der Waals surface area (Å²) >= 11 is 0. The Bertz CT molecular complexity index is 330. The quantitative estimate of drug-likeness (QED) is 0.653. The molecular weight excluding hydrogens is 182 g/mol. The molecule has 0 aliphatic carbocycles. The molecule has 76 valence electrons. The molecule has 4 heteroatoms. The van der Waals surface area contributed by atoms with Gasteiger partial charge in [0.2, 0.25) is 0 Å². The Hall–Kier alpha value is -1.39. The second-order valence-corrected chi connectivity index (χ2v) is 3.28. The average molecular weight is 195 g/mol. The van der Waals surface area contributed by atoms with Crippen LogP contribution >= 0.6 is 0 Å². The minimum absolute atomic E-state index is 0.349. The Morgan fingerprint density at radius 2 is 1.93 bits per heavy atom. The lowest BCUT2D eigenvalue weighted by Crippen LogP contribution is -2.31. The zero-order valence-corrected chi connectivity index (χ0v) is 7.90. The van der Waals surface area contributed by atoms with E-state index in [2.05, 4.69) is 0 Å². The fraction of sp³-hybridized carbons (Fsp3) is 0.300. The van der Waals surface area contributed by atoms with Crippen LogP contribution in [0, 0.1) is 0 Å². The molecule has 0 saturated heterocycles. The normalized spacial score (nSPS) is 14.8. The summed E-state index contributed by atoms with van der Waals surface area (Å²) in [5, 5.41) is 18.3. The van der Waals surface area contributed by atoms with Gasteiger partial charge in [-0.3, -0.25) is 0 Å². The molecule has 1 rings (SSSR count). The van der Waals surface area contributed by atoms with E-state index in [9.17, 15) is 9.90 Å². The summed E-state index contributed by atoms with van der Waals surface area (Å²) in [6.45, 7) is 1.64. The summed E-state index contributed by atoms with van der Waals surface area (Å²) in [4.78, 5) is 10.7. The van der Waals surface area contributed by atoms with Crippen molar-refractivity contribution in [3.8, 4) is 0 Å². The number of benzene rings is 1. The number of hydrogen-bond donors (Lipinski definition) is 3. The molecule has 0 fully saturated rings. The SMILES string of the molecule is CC(O)(C(=O)O)c1ccc(CN)cc1. The first-order chi connectivity index (χ1) is 6.48. The van der Waals surface area contributed by atoms with Crippen LogP contribution in [-0.2, 0) is 16.9 Å². The van der Waals surface area contributed by atoms with Crippen molar-refractivity contribution in [2.24, 2.45) is 5.73 Å². The molecule has 0 aromatic heterocycles. The van der Waals surface area contributed by atoms with Crippen LogP contribution in [0.15, 0.2) is 24.3 Å². The molecule has 4 nitrogen and oxygen atoms in total. The number of aliphatic carboxylic acids is 1. The summed E-state index contributed by atoms with van der Waals surface area (Å²) in [5.41, 5.74) is 4.80. The molecule has 0 aliphatic rings. The van der Waals surface area contributed by atoms with Gasteiger partial charge < -0.3 is 15.9 Å². The van der Waals surface area contributed by atoms with Gasteiger partial charge in [-0.1, -0.05) is 24.3 Å². The highest BCUT2D eigenvalue weighted by atomic mass is 16.4. The van der Waals surface area contributed by atoms with E-state index < -0.39 is 11.6 Å². The maximum absolute atomic E-state index is 10.7. The smallest absolute Gasteiger partial charge is 0.340 e. The zero-order valence-electron chi connectivity index (χ0n) is 7.90. The summed E-state index contributed by atoms with van der Waals surface area (Å²) in [7, 11) is 0. The molecular formula is C10H13NO3. The molecule has 0 amide bonds. The average Bonchev–Trinajstić information content (AvgIpc) is 2.17. The lowest BCUT2D eigenvalue weighted by Gasteiger charge is -2.18. The van der Waals surface area contributed by atoms with Crippen molar-refractivity contribution in [3.05, 3.63) is 35.4 Å². The molecule has 0 aliphatic heterocycles. The minimum Gasteiger partial charge on any atom is -0.479 e. The van der Waals surface area contributed by atoms with Crippen molar-refractivity contribution in [2.45, 2.75) is 19.1 Å². The van der Waals surface area contributed by atoms with Gasteiger partial charge in [0.05, 0.1) is 0 Å². The number of carbonyl (C=O) groups is 1. The molecule has 1 aromatic carbocycles. The predicted octanol–water partition coefficient (Wildman–Crippen LogP) is 0.437. The van der Waals surface area contributed by atoms with Gasteiger partial charge in [0, 0.05) is 6.54 Å². The largest absolute Gasteiger partial charge is 0.479 e. The Kier molecular flexibility index (Phi) is 2.88. The van der Waals surface area contributed by atoms with Crippen LogP contribution in [-0.4, -0.2) is 16.2 Å². The number of carboxylic acids is 1. The van der Waals surface area contributed by atoms with Crippen molar-refractivity contribution in [1.29, 1.82) is 0 Å².